The van der Waals surface area contributed by atoms with Crippen LogP contribution < -0.4 is 0 Å². The normalized spacial score (nSPS) is 10.1. The van der Waals surface area contributed by atoms with Gasteiger partial charge >= 0.3 is 0 Å². The lowest BCUT2D eigenvalue weighted by atomic mass is 9.89. The van der Waals surface area contributed by atoms with Crippen molar-refractivity contribution in [2.24, 2.45) is 0 Å². The smallest absolute Gasteiger partial charge is 0.00728 e. The fraction of sp³-hybridized carbons (Fsp3) is 0.189. The SMILES string of the molecule is C=CCc1cccc(-c2cc(CCc3ccccc3)c3c(-c4ccccc4)cccc3c2)c1.CC.CC. The van der Waals surface area contributed by atoms with Crippen LogP contribution in [0.2, 0.25) is 0 Å². The number of hydrogen-bond acceptors (Lipinski definition) is 0. The average Bonchev–Trinajstić information content (AvgIpc) is 2.99. The van der Waals surface area contributed by atoms with E-state index in [0.29, 0.717) is 0 Å². The molecule has 5 rings (SSSR count). The van der Waals surface area contributed by atoms with Gasteiger partial charge in [0, 0.05) is 0 Å². The summed E-state index contributed by atoms with van der Waals surface area (Å²) in [6.07, 6.45) is 4.89. The fourth-order valence-corrected chi connectivity index (χ4v) is 4.71. The van der Waals surface area contributed by atoms with Crippen molar-refractivity contribution in [2.75, 3.05) is 0 Å². The highest BCUT2D eigenvalue weighted by atomic mass is 14.2. The summed E-state index contributed by atoms with van der Waals surface area (Å²) in [5.74, 6) is 0. The van der Waals surface area contributed by atoms with Gasteiger partial charge in [0.1, 0.15) is 0 Å². The molecule has 0 nitrogen and oxygen atoms in total. The van der Waals surface area contributed by atoms with Crippen molar-refractivity contribution in [3.63, 3.8) is 0 Å². The molecule has 0 aliphatic heterocycles. The fourth-order valence-electron chi connectivity index (χ4n) is 4.71. The van der Waals surface area contributed by atoms with Crippen molar-refractivity contribution in [1.82, 2.24) is 0 Å². The Kier molecular flexibility index (Phi) is 10.9. The third-order valence-electron chi connectivity index (χ3n) is 6.31. The number of rotatable bonds is 7. The van der Waals surface area contributed by atoms with Crippen LogP contribution in [-0.4, -0.2) is 0 Å². The first-order valence-electron chi connectivity index (χ1n) is 13.7. The summed E-state index contributed by atoms with van der Waals surface area (Å²) < 4.78 is 0. The monoisotopic (exact) mass is 484 g/mol. The van der Waals surface area contributed by atoms with Gasteiger partial charge in [-0.15, -0.1) is 6.58 Å². The molecule has 5 aromatic rings. The highest BCUT2D eigenvalue weighted by Gasteiger charge is 2.12. The summed E-state index contributed by atoms with van der Waals surface area (Å²) in [7, 11) is 0. The average molecular weight is 485 g/mol. The van der Waals surface area contributed by atoms with E-state index in [1.54, 1.807) is 0 Å². The van der Waals surface area contributed by atoms with Crippen molar-refractivity contribution in [3.05, 3.63) is 145 Å². The zero-order valence-corrected chi connectivity index (χ0v) is 22.9. The molecule has 0 saturated heterocycles. The van der Waals surface area contributed by atoms with Crippen LogP contribution in [0, 0.1) is 0 Å². The maximum atomic E-state index is 3.91. The second-order valence-corrected chi connectivity index (χ2v) is 8.58. The molecule has 0 radical (unpaired) electrons. The zero-order chi connectivity index (χ0) is 26.5. The van der Waals surface area contributed by atoms with Crippen LogP contribution in [0.15, 0.2) is 128 Å². The minimum atomic E-state index is 0.889. The maximum Gasteiger partial charge on any atom is -0.00728 e. The molecular weight excluding hydrogens is 444 g/mol. The van der Waals surface area contributed by atoms with Crippen molar-refractivity contribution in [3.8, 4) is 22.3 Å². The van der Waals surface area contributed by atoms with Gasteiger partial charge in [-0.1, -0.05) is 143 Å². The van der Waals surface area contributed by atoms with E-state index in [4.69, 9.17) is 0 Å². The van der Waals surface area contributed by atoms with E-state index < -0.39 is 0 Å². The summed E-state index contributed by atoms with van der Waals surface area (Å²) >= 11 is 0. The lowest BCUT2D eigenvalue weighted by molar-refractivity contribution is 0.970. The summed E-state index contributed by atoms with van der Waals surface area (Å²) in [6.45, 7) is 11.9. The lowest BCUT2D eigenvalue weighted by Gasteiger charge is -2.15. The number of fused-ring (bicyclic) bond motifs is 1. The first kappa shape index (κ1) is 27.7. The Bertz CT molecular complexity index is 1380. The molecule has 5 aromatic carbocycles. The van der Waals surface area contributed by atoms with Crippen LogP contribution in [-0.2, 0) is 19.3 Å². The van der Waals surface area contributed by atoms with E-state index in [2.05, 4.69) is 122 Å². The van der Waals surface area contributed by atoms with Crippen LogP contribution in [0.25, 0.3) is 33.0 Å². The summed E-state index contributed by atoms with van der Waals surface area (Å²) in [5, 5.41) is 2.66. The molecule has 0 atom stereocenters. The quantitative estimate of drug-likeness (QED) is 0.201. The van der Waals surface area contributed by atoms with Gasteiger partial charge in [-0.2, -0.15) is 0 Å². The van der Waals surface area contributed by atoms with Crippen LogP contribution in [0.1, 0.15) is 44.4 Å². The van der Waals surface area contributed by atoms with Crippen LogP contribution in [0.4, 0.5) is 0 Å². The van der Waals surface area contributed by atoms with Crippen LogP contribution in [0.5, 0.6) is 0 Å². The van der Waals surface area contributed by atoms with Gasteiger partial charge < -0.3 is 0 Å². The topological polar surface area (TPSA) is 0 Å². The van der Waals surface area contributed by atoms with E-state index in [1.165, 1.54) is 49.7 Å². The standard InChI is InChI=1S/C33H28.2C2H6/c1-2-11-26-14-9-17-28(22-26)31-23-29-18-10-19-32(27-15-7-4-8-16-27)33(29)30(24-31)21-20-25-12-5-3-6-13-25;2*1-2/h2-10,12-19,22-24H,1,11,20-21H2;2*1-2H3. The first-order valence-corrected chi connectivity index (χ1v) is 13.7. The van der Waals surface area contributed by atoms with Gasteiger partial charge in [0.2, 0.25) is 0 Å². The number of hydrogen-bond donors (Lipinski definition) is 0. The third kappa shape index (κ3) is 7.08. The molecule has 0 fully saturated rings. The molecule has 0 spiro atoms. The maximum absolute atomic E-state index is 3.91. The molecule has 0 saturated carbocycles. The molecule has 0 aliphatic carbocycles. The van der Waals surface area contributed by atoms with Gasteiger partial charge in [-0.25, -0.2) is 0 Å². The van der Waals surface area contributed by atoms with E-state index in [1.807, 2.05) is 33.8 Å². The predicted octanol–water partition coefficient (Wildman–Crippen LogP) is 10.7. The summed E-state index contributed by atoms with van der Waals surface area (Å²) in [6, 6.07) is 41.8. The van der Waals surface area contributed by atoms with Gasteiger partial charge in [-0.05, 0) is 75.0 Å². The van der Waals surface area contributed by atoms with Gasteiger partial charge in [0.25, 0.3) is 0 Å². The van der Waals surface area contributed by atoms with Gasteiger partial charge in [-0.3, -0.25) is 0 Å². The Morgan fingerprint density at radius 2 is 1.16 bits per heavy atom. The number of aryl methyl sites for hydroxylation is 2. The predicted molar refractivity (Wildman–Crippen MR) is 165 cm³/mol. The van der Waals surface area contributed by atoms with Crippen LogP contribution >= 0.6 is 0 Å². The molecule has 37 heavy (non-hydrogen) atoms. The Balaban J connectivity index is 0.000000907. The molecule has 0 amide bonds. The van der Waals surface area contributed by atoms with E-state index in [0.717, 1.165) is 19.3 Å². The van der Waals surface area contributed by atoms with E-state index in [9.17, 15) is 0 Å². The minimum absolute atomic E-state index is 0.889. The highest BCUT2D eigenvalue weighted by molar-refractivity contribution is 6.01. The van der Waals surface area contributed by atoms with Crippen LogP contribution in [0.3, 0.4) is 0 Å². The number of benzene rings is 5. The number of allylic oxidation sites excluding steroid dienone is 1. The molecule has 0 bridgehead atoms. The Hall–Kier alpha value is -3.90. The van der Waals surface area contributed by atoms with Crippen molar-refractivity contribution < 1.29 is 0 Å². The Morgan fingerprint density at radius 3 is 1.86 bits per heavy atom. The largest absolute Gasteiger partial charge is 0.103 e. The highest BCUT2D eigenvalue weighted by Crippen LogP contribution is 2.35. The molecular formula is C37H40. The molecule has 0 aromatic heterocycles. The van der Waals surface area contributed by atoms with Crippen molar-refractivity contribution >= 4 is 10.8 Å². The minimum Gasteiger partial charge on any atom is -0.103 e. The second-order valence-electron chi connectivity index (χ2n) is 8.58. The molecule has 188 valence electrons. The second kappa shape index (κ2) is 14.6. The summed E-state index contributed by atoms with van der Waals surface area (Å²) in [4.78, 5) is 0. The molecule has 0 heterocycles. The van der Waals surface area contributed by atoms with Crippen molar-refractivity contribution in [1.29, 1.82) is 0 Å². The summed E-state index contributed by atoms with van der Waals surface area (Å²) in [5.41, 5.74) is 9.20. The van der Waals surface area contributed by atoms with E-state index in [-0.39, 0.29) is 0 Å². The lowest BCUT2D eigenvalue weighted by Crippen LogP contribution is -1.96. The molecule has 0 unspecified atom stereocenters. The molecule has 0 aliphatic rings. The first-order chi connectivity index (χ1) is 18.3. The molecule has 0 heteroatoms. The molecule has 0 N–H and O–H groups in total. The zero-order valence-electron chi connectivity index (χ0n) is 22.9. The Labute approximate surface area is 224 Å². The van der Waals surface area contributed by atoms with E-state index >= 15 is 0 Å². The Morgan fingerprint density at radius 1 is 0.541 bits per heavy atom. The van der Waals surface area contributed by atoms with Gasteiger partial charge in [0.15, 0.2) is 0 Å². The third-order valence-corrected chi connectivity index (χ3v) is 6.31. The van der Waals surface area contributed by atoms with Crippen molar-refractivity contribution in [2.45, 2.75) is 47.0 Å². The van der Waals surface area contributed by atoms with Gasteiger partial charge in [0.05, 0.1) is 0 Å².